The fourth-order valence-corrected chi connectivity index (χ4v) is 1.35. The first kappa shape index (κ1) is 7.56. The van der Waals surface area contributed by atoms with Gasteiger partial charge in [-0.2, -0.15) is 5.26 Å². The van der Waals surface area contributed by atoms with Gasteiger partial charge in [0.1, 0.15) is 0 Å². The van der Waals surface area contributed by atoms with E-state index in [4.69, 9.17) is 5.26 Å². The lowest BCUT2D eigenvalue weighted by Gasteiger charge is -2.23. The summed E-state index contributed by atoms with van der Waals surface area (Å²) in [7, 11) is 0. The van der Waals surface area contributed by atoms with Gasteiger partial charge in [0.15, 0.2) is 0 Å². The lowest BCUT2D eigenvalue weighted by atomic mass is 9.87. The van der Waals surface area contributed by atoms with Crippen LogP contribution in [-0.2, 0) is 0 Å². The monoisotopic (exact) mass is 137 g/mol. The second-order valence-electron chi connectivity index (χ2n) is 2.82. The molecule has 1 heterocycles. The second kappa shape index (κ2) is 3.58. The highest BCUT2D eigenvalue weighted by atomic mass is 14.9. The molecule has 0 unspecified atom stereocenters. The van der Waals surface area contributed by atoms with Crippen LogP contribution in [0.1, 0.15) is 19.8 Å². The largest absolute Gasteiger partial charge is 0.317 e. The van der Waals surface area contributed by atoms with Crippen LogP contribution in [0, 0.1) is 23.2 Å². The Hall–Kier alpha value is -0.550. The number of nitrogens with zero attached hydrogens (tertiary/aromatic N) is 1. The van der Waals surface area contributed by atoms with Gasteiger partial charge in [0.05, 0.1) is 12.0 Å². The van der Waals surface area contributed by atoms with E-state index in [0.717, 1.165) is 31.8 Å². The first-order valence-electron chi connectivity index (χ1n) is 3.79. The first-order chi connectivity index (χ1) is 4.84. The van der Waals surface area contributed by atoms with E-state index in [1.54, 1.807) is 0 Å². The smallest absolute Gasteiger partial charge is 0.0760 e. The Balaban J connectivity index is 2.33. The predicted molar refractivity (Wildman–Crippen MR) is 40.1 cm³/mol. The average Bonchev–Trinajstić information content (AvgIpc) is 2.05. The van der Waals surface area contributed by atoms with Crippen molar-refractivity contribution >= 4 is 0 Å². The van der Waals surface area contributed by atoms with Crippen molar-refractivity contribution in [2.24, 2.45) is 5.92 Å². The van der Waals surface area contributed by atoms with Gasteiger partial charge in [-0.1, -0.05) is 0 Å². The molecule has 1 aliphatic heterocycles. The highest BCUT2D eigenvalue weighted by Gasteiger charge is 2.19. The molecule has 0 aromatic carbocycles. The molecule has 2 nitrogen and oxygen atoms in total. The zero-order chi connectivity index (χ0) is 7.40. The van der Waals surface area contributed by atoms with Crippen molar-refractivity contribution in [3.8, 4) is 6.07 Å². The molecule has 10 heavy (non-hydrogen) atoms. The second-order valence-corrected chi connectivity index (χ2v) is 2.82. The molecule has 1 aliphatic rings. The molecule has 55 valence electrons. The highest BCUT2D eigenvalue weighted by molar-refractivity contribution is 5.11. The molecule has 0 aromatic heterocycles. The third-order valence-electron chi connectivity index (χ3n) is 2.13. The van der Waals surface area contributed by atoms with Crippen LogP contribution in [0.4, 0.5) is 0 Å². The van der Waals surface area contributed by atoms with Crippen LogP contribution in [0.3, 0.4) is 0 Å². The normalized spacial score (nSPS) is 20.9. The van der Waals surface area contributed by atoms with Gasteiger partial charge in [0, 0.05) is 0 Å². The van der Waals surface area contributed by atoms with Crippen molar-refractivity contribution in [1.82, 2.24) is 5.32 Å². The van der Waals surface area contributed by atoms with Gasteiger partial charge in [0.2, 0.25) is 0 Å². The lowest BCUT2D eigenvalue weighted by molar-refractivity contribution is 0.399. The molecule has 0 bridgehead atoms. The SMILES string of the molecule is C[C](C#N)C1CCNCC1. The summed E-state index contributed by atoms with van der Waals surface area (Å²) in [6, 6.07) is 2.22. The van der Waals surface area contributed by atoms with E-state index in [2.05, 4.69) is 11.4 Å². The third kappa shape index (κ3) is 1.71. The average molecular weight is 137 g/mol. The quantitative estimate of drug-likeness (QED) is 0.587. The van der Waals surface area contributed by atoms with Crippen molar-refractivity contribution in [3.63, 3.8) is 0 Å². The molecule has 1 rings (SSSR count). The van der Waals surface area contributed by atoms with Crippen molar-refractivity contribution in [2.45, 2.75) is 19.8 Å². The van der Waals surface area contributed by atoms with Crippen LogP contribution in [0.15, 0.2) is 0 Å². The van der Waals surface area contributed by atoms with Crippen molar-refractivity contribution < 1.29 is 0 Å². The summed E-state index contributed by atoms with van der Waals surface area (Å²) in [6.07, 6.45) is 2.28. The fourth-order valence-electron chi connectivity index (χ4n) is 1.35. The van der Waals surface area contributed by atoms with Crippen molar-refractivity contribution in [1.29, 1.82) is 5.26 Å². The van der Waals surface area contributed by atoms with E-state index >= 15 is 0 Å². The Labute approximate surface area is 62.2 Å². The van der Waals surface area contributed by atoms with E-state index < -0.39 is 0 Å². The number of piperidine rings is 1. The molecule has 0 amide bonds. The molecule has 2 heteroatoms. The Morgan fingerprint density at radius 1 is 1.50 bits per heavy atom. The molecule has 0 aliphatic carbocycles. The standard InChI is InChI=1S/C8H13N2/c1-7(6-9)8-2-4-10-5-3-8/h8,10H,2-5H2,1H3. The van der Waals surface area contributed by atoms with E-state index in [1.807, 2.05) is 6.92 Å². The van der Waals surface area contributed by atoms with E-state index in [1.165, 1.54) is 0 Å². The molecule has 0 spiro atoms. The molecule has 0 atom stereocenters. The maximum atomic E-state index is 8.58. The minimum atomic E-state index is 0.561. The van der Waals surface area contributed by atoms with E-state index in [0.29, 0.717) is 5.92 Å². The summed E-state index contributed by atoms with van der Waals surface area (Å²) >= 11 is 0. The maximum absolute atomic E-state index is 8.58. The molecule has 1 saturated heterocycles. The van der Waals surface area contributed by atoms with Gasteiger partial charge in [-0.05, 0) is 38.8 Å². The van der Waals surface area contributed by atoms with Gasteiger partial charge in [-0.15, -0.1) is 0 Å². The van der Waals surface area contributed by atoms with Gasteiger partial charge >= 0.3 is 0 Å². The van der Waals surface area contributed by atoms with Gasteiger partial charge in [-0.3, -0.25) is 0 Å². The Morgan fingerprint density at radius 3 is 2.60 bits per heavy atom. The molecule has 1 radical (unpaired) electrons. The Morgan fingerprint density at radius 2 is 2.10 bits per heavy atom. The zero-order valence-corrected chi connectivity index (χ0v) is 6.35. The van der Waals surface area contributed by atoms with Gasteiger partial charge in [-0.25, -0.2) is 0 Å². The molecule has 1 fully saturated rings. The van der Waals surface area contributed by atoms with Crippen LogP contribution in [0.2, 0.25) is 0 Å². The topological polar surface area (TPSA) is 35.8 Å². The van der Waals surface area contributed by atoms with Crippen LogP contribution in [-0.4, -0.2) is 13.1 Å². The van der Waals surface area contributed by atoms with Crippen LogP contribution < -0.4 is 5.32 Å². The van der Waals surface area contributed by atoms with Crippen LogP contribution in [0.25, 0.3) is 0 Å². The third-order valence-corrected chi connectivity index (χ3v) is 2.13. The minimum absolute atomic E-state index is 0.561. The van der Waals surface area contributed by atoms with Crippen molar-refractivity contribution in [2.75, 3.05) is 13.1 Å². The van der Waals surface area contributed by atoms with Crippen molar-refractivity contribution in [3.05, 3.63) is 5.92 Å². The summed E-state index contributed by atoms with van der Waals surface area (Å²) in [5.41, 5.74) is 0. The molecule has 1 N–H and O–H groups in total. The van der Waals surface area contributed by atoms with Gasteiger partial charge in [0.25, 0.3) is 0 Å². The molecule has 0 aromatic rings. The molecular weight excluding hydrogens is 124 g/mol. The highest BCUT2D eigenvalue weighted by Crippen LogP contribution is 2.21. The van der Waals surface area contributed by atoms with Crippen LogP contribution >= 0.6 is 0 Å². The van der Waals surface area contributed by atoms with Gasteiger partial charge < -0.3 is 5.32 Å². The molecular formula is C8H13N2. The predicted octanol–water partition coefficient (Wildman–Crippen LogP) is 1.10. The number of rotatable bonds is 1. The maximum Gasteiger partial charge on any atom is 0.0760 e. The fraction of sp³-hybridized carbons (Fsp3) is 0.750. The summed E-state index contributed by atoms with van der Waals surface area (Å²) in [5, 5.41) is 11.9. The summed E-state index contributed by atoms with van der Waals surface area (Å²) in [6.45, 7) is 4.09. The zero-order valence-electron chi connectivity index (χ0n) is 6.35. The number of nitrogens with one attached hydrogen (secondary N) is 1. The van der Waals surface area contributed by atoms with E-state index in [9.17, 15) is 0 Å². The summed E-state index contributed by atoms with van der Waals surface area (Å²) in [5.74, 6) is 1.56. The Kier molecular flexibility index (Phi) is 2.70. The molecule has 0 saturated carbocycles. The van der Waals surface area contributed by atoms with Crippen LogP contribution in [0.5, 0.6) is 0 Å². The first-order valence-corrected chi connectivity index (χ1v) is 3.79. The lowest BCUT2D eigenvalue weighted by Crippen LogP contribution is -2.29. The number of hydrogen-bond donors (Lipinski definition) is 1. The summed E-state index contributed by atoms with van der Waals surface area (Å²) < 4.78 is 0. The number of hydrogen-bond acceptors (Lipinski definition) is 2. The summed E-state index contributed by atoms with van der Waals surface area (Å²) in [4.78, 5) is 0. The van der Waals surface area contributed by atoms with E-state index in [-0.39, 0.29) is 0 Å². The minimum Gasteiger partial charge on any atom is -0.317 e. The Bertz CT molecular complexity index is 131. The number of nitriles is 1.